The van der Waals surface area contributed by atoms with Crippen molar-refractivity contribution >= 4 is 5.91 Å². The van der Waals surface area contributed by atoms with Gasteiger partial charge < -0.3 is 15.4 Å². The quantitative estimate of drug-likeness (QED) is 0.642. The second kappa shape index (κ2) is 7.74. The number of hydrogen-bond donors (Lipinski definition) is 2. The van der Waals surface area contributed by atoms with Crippen LogP contribution in [0.15, 0.2) is 0 Å². The summed E-state index contributed by atoms with van der Waals surface area (Å²) in [6.45, 7) is 4.56. The number of amides is 1. The minimum absolute atomic E-state index is 0.200. The van der Waals surface area contributed by atoms with E-state index >= 15 is 0 Å². The number of carbonyl (C=O) groups is 1. The number of rotatable bonds is 8. The maximum absolute atomic E-state index is 11.7. The van der Waals surface area contributed by atoms with Gasteiger partial charge in [0.15, 0.2) is 0 Å². The largest absolute Gasteiger partial charge is 0.381 e. The minimum atomic E-state index is 0.200. The number of ether oxygens (including phenoxy) is 1. The highest BCUT2D eigenvalue weighted by atomic mass is 16.5. The van der Waals surface area contributed by atoms with E-state index < -0.39 is 0 Å². The van der Waals surface area contributed by atoms with Gasteiger partial charge in [-0.1, -0.05) is 0 Å². The fourth-order valence-corrected chi connectivity index (χ4v) is 2.37. The SMILES string of the molecule is O=C(CC1CCCNC1)NCCCOCC1CC1. The fraction of sp³-hybridized carbons (Fsp3) is 0.929. The molecule has 1 atom stereocenters. The van der Waals surface area contributed by atoms with Gasteiger partial charge in [0.25, 0.3) is 0 Å². The van der Waals surface area contributed by atoms with E-state index in [-0.39, 0.29) is 5.91 Å². The molecule has 0 aromatic carbocycles. The first-order chi connectivity index (χ1) is 8.84. The summed E-state index contributed by atoms with van der Waals surface area (Å²) >= 11 is 0. The average molecular weight is 254 g/mol. The molecule has 1 aliphatic heterocycles. The van der Waals surface area contributed by atoms with E-state index in [2.05, 4.69) is 10.6 Å². The van der Waals surface area contributed by atoms with Crippen LogP contribution in [0, 0.1) is 11.8 Å². The van der Waals surface area contributed by atoms with Crippen molar-refractivity contribution in [1.29, 1.82) is 0 Å². The molecule has 2 fully saturated rings. The maximum Gasteiger partial charge on any atom is 0.220 e. The third kappa shape index (κ3) is 5.83. The van der Waals surface area contributed by atoms with Gasteiger partial charge >= 0.3 is 0 Å². The molecule has 2 N–H and O–H groups in total. The van der Waals surface area contributed by atoms with Gasteiger partial charge in [-0.15, -0.1) is 0 Å². The third-order valence-corrected chi connectivity index (χ3v) is 3.71. The Labute approximate surface area is 110 Å². The molecule has 18 heavy (non-hydrogen) atoms. The van der Waals surface area contributed by atoms with Crippen LogP contribution in [0.5, 0.6) is 0 Å². The summed E-state index contributed by atoms with van der Waals surface area (Å²) in [5.74, 6) is 1.56. The third-order valence-electron chi connectivity index (χ3n) is 3.71. The summed E-state index contributed by atoms with van der Waals surface area (Å²) in [5.41, 5.74) is 0. The summed E-state index contributed by atoms with van der Waals surface area (Å²) in [6.07, 6.45) is 6.67. The Hall–Kier alpha value is -0.610. The molecule has 0 radical (unpaired) electrons. The first-order valence-corrected chi connectivity index (χ1v) is 7.40. The van der Waals surface area contributed by atoms with Gasteiger partial charge in [0.05, 0.1) is 0 Å². The van der Waals surface area contributed by atoms with E-state index in [0.717, 1.165) is 45.2 Å². The molecule has 4 heteroatoms. The van der Waals surface area contributed by atoms with Crippen molar-refractivity contribution in [3.05, 3.63) is 0 Å². The van der Waals surface area contributed by atoms with E-state index in [1.807, 2.05) is 0 Å². The molecule has 1 saturated heterocycles. The topological polar surface area (TPSA) is 50.4 Å². The zero-order valence-electron chi connectivity index (χ0n) is 11.2. The van der Waals surface area contributed by atoms with Crippen LogP contribution in [-0.2, 0) is 9.53 Å². The first-order valence-electron chi connectivity index (χ1n) is 7.40. The molecule has 1 amide bonds. The van der Waals surface area contributed by atoms with Crippen LogP contribution in [0.4, 0.5) is 0 Å². The van der Waals surface area contributed by atoms with Crippen LogP contribution >= 0.6 is 0 Å². The standard InChI is InChI=1S/C14H26N2O2/c17-14(9-13-3-1-6-15-10-13)16-7-2-8-18-11-12-4-5-12/h12-13,15H,1-11H2,(H,16,17). The Bertz CT molecular complexity index is 248. The lowest BCUT2D eigenvalue weighted by Gasteiger charge is -2.22. The van der Waals surface area contributed by atoms with Crippen LogP contribution in [0.3, 0.4) is 0 Å². The summed E-state index contributed by atoms with van der Waals surface area (Å²) in [4.78, 5) is 11.7. The van der Waals surface area contributed by atoms with E-state index in [1.165, 1.54) is 25.7 Å². The summed E-state index contributed by atoms with van der Waals surface area (Å²) in [7, 11) is 0. The van der Waals surface area contributed by atoms with Crippen molar-refractivity contribution in [1.82, 2.24) is 10.6 Å². The van der Waals surface area contributed by atoms with Gasteiger partial charge in [-0.25, -0.2) is 0 Å². The van der Waals surface area contributed by atoms with Crippen molar-refractivity contribution in [2.24, 2.45) is 11.8 Å². The van der Waals surface area contributed by atoms with Crippen LogP contribution in [0.25, 0.3) is 0 Å². The Balaban J connectivity index is 1.41. The highest BCUT2D eigenvalue weighted by molar-refractivity contribution is 5.76. The van der Waals surface area contributed by atoms with Gasteiger partial charge in [0.2, 0.25) is 5.91 Å². The molecule has 0 bridgehead atoms. The average Bonchev–Trinajstić information content (AvgIpc) is 3.19. The Morgan fingerprint density at radius 3 is 2.89 bits per heavy atom. The maximum atomic E-state index is 11.7. The molecule has 2 rings (SSSR count). The number of hydrogen-bond acceptors (Lipinski definition) is 3. The monoisotopic (exact) mass is 254 g/mol. The van der Waals surface area contributed by atoms with Gasteiger partial charge in [0.1, 0.15) is 0 Å². The minimum Gasteiger partial charge on any atom is -0.381 e. The molecule has 2 aliphatic rings. The number of carbonyl (C=O) groups excluding carboxylic acids is 1. The van der Waals surface area contributed by atoms with E-state index in [1.54, 1.807) is 0 Å². The van der Waals surface area contributed by atoms with Crippen LogP contribution in [0.2, 0.25) is 0 Å². The second-order valence-electron chi connectivity index (χ2n) is 5.64. The van der Waals surface area contributed by atoms with Crippen molar-refractivity contribution in [3.8, 4) is 0 Å². The van der Waals surface area contributed by atoms with E-state index in [4.69, 9.17) is 4.74 Å². The molecule has 1 unspecified atom stereocenters. The smallest absolute Gasteiger partial charge is 0.220 e. The van der Waals surface area contributed by atoms with Gasteiger partial charge in [-0.2, -0.15) is 0 Å². The predicted octanol–water partition coefficient (Wildman–Crippen LogP) is 1.31. The van der Waals surface area contributed by atoms with Crippen molar-refractivity contribution in [2.45, 2.75) is 38.5 Å². The van der Waals surface area contributed by atoms with Crippen LogP contribution in [-0.4, -0.2) is 38.8 Å². The highest BCUT2D eigenvalue weighted by Crippen LogP contribution is 2.28. The zero-order valence-corrected chi connectivity index (χ0v) is 11.2. The Morgan fingerprint density at radius 1 is 1.28 bits per heavy atom. The van der Waals surface area contributed by atoms with Crippen molar-refractivity contribution in [2.75, 3.05) is 32.8 Å². The lowest BCUT2D eigenvalue weighted by Crippen LogP contribution is -2.34. The molecular formula is C14H26N2O2. The Morgan fingerprint density at radius 2 is 2.17 bits per heavy atom. The fourth-order valence-electron chi connectivity index (χ4n) is 2.37. The molecule has 0 aromatic heterocycles. The molecule has 1 saturated carbocycles. The molecule has 1 heterocycles. The number of piperidine rings is 1. The molecular weight excluding hydrogens is 228 g/mol. The molecule has 0 spiro atoms. The molecule has 104 valence electrons. The lowest BCUT2D eigenvalue weighted by molar-refractivity contribution is -0.122. The van der Waals surface area contributed by atoms with Gasteiger partial charge in [-0.05, 0) is 57.0 Å². The molecule has 1 aliphatic carbocycles. The summed E-state index contributed by atoms with van der Waals surface area (Å²) < 4.78 is 5.53. The summed E-state index contributed by atoms with van der Waals surface area (Å²) in [6, 6.07) is 0. The predicted molar refractivity (Wildman–Crippen MR) is 71.4 cm³/mol. The summed E-state index contributed by atoms with van der Waals surface area (Å²) in [5, 5.41) is 6.33. The lowest BCUT2D eigenvalue weighted by atomic mass is 9.96. The zero-order chi connectivity index (χ0) is 12.6. The first kappa shape index (κ1) is 13.8. The second-order valence-corrected chi connectivity index (χ2v) is 5.64. The molecule has 0 aromatic rings. The van der Waals surface area contributed by atoms with Crippen molar-refractivity contribution < 1.29 is 9.53 Å². The van der Waals surface area contributed by atoms with E-state index in [9.17, 15) is 4.79 Å². The van der Waals surface area contributed by atoms with Gasteiger partial charge in [0, 0.05) is 26.2 Å². The van der Waals surface area contributed by atoms with Gasteiger partial charge in [-0.3, -0.25) is 4.79 Å². The van der Waals surface area contributed by atoms with Crippen molar-refractivity contribution in [3.63, 3.8) is 0 Å². The number of nitrogens with one attached hydrogen (secondary N) is 2. The molecule has 4 nitrogen and oxygen atoms in total. The normalized spacial score (nSPS) is 23.9. The highest BCUT2D eigenvalue weighted by Gasteiger charge is 2.20. The Kier molecular flexibility index (Phi) is 5.94. The van der Waals surface area contributed by atoms with Crippen LogP contribution in [0.1, 0.15) is 38.5 Å². The van der Waals surface area contributed by atoms with E-state index in [0.29, 0.717) is 12.3 Å². The van der Waals surface area contributed by atoms with Crippen LogP contribution < -0.4 is 10.6 Å².